The Balaban J connectivity index is 2.80. The Hall–Kier alpha value is -1.64. The summed E-state index contributed by atoms with van der Waals surface area (Å²) in [7, 11) is 0. The predicted molar refractivity (Wildman–Crippen MR) is 80.9 cm³/mol. The molecule has 0 spiro atoms. The first-order valence-electron chi connectivity index (χ1n) is 5.88. The van der Waals surface area contributed by atoms with Crippen molar-refractivity contribution < 1.29 is 19.1 Å². The summed E-state index contributed by atoms with van der Waals surface area (Å²) in [5, 5.41) is 1.91. The summed E-state index contributed by atoms with van der Waals surface area (Å²) in [4.78, 5) is 34.3. The molecule has 0 saturated carbocycles. The first-order valence-corrected chi connectivity index (χ1v) is 6.96. The van der Waals surface area contributed by atoms with E-state index in [0.29, 0.717) is 5.56 Å². The Bertz CT molecular complexity index is 514. The van der Waals surface area contributed by atoms with E-state index in [1.54, 1.807) is 38.1 Å². The van der Waals surface area contributed by atoms with Crippen LogP contribution in [-0.4, -0.2) is 24.0 Å². The van der Waals surface area contributed by atoms with Crippen molar-refractivity contribution in [2.75, 3.05) is 0 Å². The van der Waals surface area contributed by atoms with E-state index in [1.807, 2.05) is 5.32 Å². The van der Waals surface area contributed by atoms with Gasteiger partial charge in [0.2, 0.25) is 0 Å². The van der Waals surface area contributed by atoms with E-state index in [1.165, 1.54) is 0 Å². The fourth-order valence-corrected chi connectivity index (χ4v) is 1.81. The first kappa shape index (κ1) is 16.4. The first-order chi connectivity index (χ1) is 9.31. The Morgan fingerprint density at radius 1 is 1.20 bits per heavy atom. The van der Waals surface area contributed by atoms with Crippen molar-refractivity contribution in [2.45, 2.75) is 20.0 Å². The fourth-order valence-electron chi connectivity index (χ4n) is 1.45. The molecule has 1 rings (SSSR count). The van der Waals surface area contributed by atoms with Gasteiger partial charge in [-0.2, -0.15) is 0 Å². The average molecular weight is 390 g/mol. The summed E-state index contributed by atoms with van der Waals surface area (Å²) in [5.74, 6) is -1.65. The van der Waals surface area contributed by atoms with Crippen molar-refractivity contribution in [3.05, 3.63) is 33.4 Å². The van der Waals surface area contributed by atoms with Crippen LogP contribution in [0.25, 0.3) is 0 Å². The second kappa shape index (κ2) is 7.22. The van der Waals surface area contributed by atoms with Crippen LogP contribution in [0.3, 0.4) is 0 Å². The number of ether oxygens (including phenoxy) is 1. The van der Waals surface area contributed by atoms with Gasteiger partial charge in [0.25, 0.3) is 5.91 Å². The van der Waals surface area contributed by atoms with Crippen molar-refractivity contribution in [2.24, 2.45) is 11.7 Å². The zero-order valence-electron chi connectivity index (χ0n) is 11.1. The van der Waals surface area contributed by atoms with Gasteiger partial charge < -0.3 is 10.5 Å². The Kier molecular flexibility index (Phi) is 5.93. The summed E-state index contributed by atoms with van der Waals surface area (Å²) in [6.07, 6.45) is -1.07. The molecule has 108 valence electrons. The highest BCUT2D eigenvalue weighted by atomic mass is 127. The molecule has 0 radical (unpaired) electrons. The third kappa shape index (κ3) is 4.80. The quantitative estimate of drug-likeness (QED) is 0.604. The number of nitrogens with two attached hydrogens (primary N) is 1. The second-order valence-corrected chi connectivity index (χ2v) is 5.68. The zero-order chi connectivity index (χ0) is 15.3. The monoisotopic (exact) mass is 390 g/mol. The van der Waals surface area contributed by atoms with E-state index in [-0.39, 0.29) is 5.92 Å². The van der Waals surface area contributed by atoms with Crippen LogP contribution in [0.15, 0.2) is 24.3 Å². The van der Waals surface area contributed by atoms with Gasteiger partial charge in [0, 0.05) is 3.57 Å². The lowest BCUT2D eigenvalue weighted by Crippen LogP contribution is -2.45. The third-order valence-corrected chi connectivity index (χ3v) is 3.14. The molecular formula is C13H15IN2O4. The normalized spacial score (nSPS) is 11.8. The molecule has 0 aliphatic heterocycles. The summed E-state index contributed by atoms with van der Waals surface area (Å²) >= 11 is 2.11. The van der Waals surface area contributed by atoms with Gasteiger partial charge in [-0.3, -0.25) is 10.1 Å². The van der Waals surface area contributed by atoms with Gasteiger partial charge in [0.05, 0.1) is 5.56 Å². The van der Waals surface area contributed by atoms with Gasteiger partial charge in [-0.1, -0.05) is 13.8 Å². The minimum Gasteiger partial charge on any atom is -0.448 e. The highest BCUT2D eigenvalue weighted by molar-refractivity contribution is 14.1. The number of hydrogen-bond donors (Lipinski definition) is 2. The molecule has 7 heteroatoms. The smallest absolute Gasteiger partial charge is 0.338 e. The maximum Gasteiger partial charge on any atom is 0.338 e. The van der Waals surface area contributed by atoms with Gasteiger partial charge in [0.1, 0.15) is 0 Å². The van der Waals surface area contributed by atoms with Crippen LogP contribution >= 0.6 is 22.6 Å². The molecule has 6 nitrogen and oxygen atoms in total. The van der Waals surface area contributed by atoms with Crippen LogP contribution < -0.4 is 11.1 Å². The number of hydrogen-bond acceptors (Lipinski definition) is 4. The van der Waals surface area contributed by atoms with Crippen LogP contribution in [0.2, 0.25) is 0 Å². The largest absolute Gasteiger partial charge is 0.448 e. The standard InChI is InChI=1S/C13H15IN2O4/c1-7(2)10(11(17)16-13(15)19)20-12(18)8-3-5-9(14)6-4-8/h3-7,10H,1-2H3,(H3,15,16,17,19)/t10-/m1/s1. The molecule has 3 N–H and O–H groups in total. The van der Waals surface area contributed by atoms with Crippen molar-refractivity contribution in [1.82, 2.24) is 5.32 Å². The number of carbonyl (C=O) groups is 3. The van der Waals surface area contributed by atoms with Gasteiger partial charge >= 0.3 is 12.0 Å². The highest BCUT2D eigenvalue weighted by Gasteiger charge is 2.27. The number of benzene rings is 1. The fraction of sp³-hybridized carbons (Fsp3) is 0.308. The van der Waals surface area contributed by atoms with E-state index >= 15 is 0 Å². The molecule has 0 saturated heterocycles. The van der Waals surface area contributed by atoms with E-state index in [0.717, 1.165) is 3.57 Å². The van der Waals surface area contributed by atoms with Crippen LogP contribution in [0, 0.1) is 9.49 Å². The van der Waals surface area contributed by atoms with Crippen molar-refractivity contribution in [1.29, 1.82) is 0 Å². The molecule has 0 bridgehead atoms. The molecule has 0 unspecified atom stereocenters. The van der Waals surface area contributed by atoms with Crippen LogP contribution in [0.4, 0.5) is 4.79 Å². The van der Waals surface area contributed by atoms with E-state index in [9.17, 15) is 14.4 Å². The Morgan fingerprint density at radius 2 is 1.75 bits per heavy atom. The van der Waals surface area contributed by atoms with Gasteiger partial charge in [-0.05, 0) is 52.8 Å². The molecule has 0 aliphatic carbocycles. The maximum atomic E-state index is 11.9. The molecule has 1 atom stereocenters. The third-order valence-electron chi connectivity index (χ3n) is 2.42. The molecular weight excluding hydrogens is 375 g/mol. The lowest BCUT2D eigenvalue weighted by molar-refractivity contribution is -0.130. The minimum absolute atomic E-state index is 0.290. The predicted octanol–water partition coefficient (Wildman–Crippen LogP) is 1.67. The molecule has 3 amide bonds. The zero-order valence-corrected chi connectivity index (χ0v) is 13.2. The lowest BCUT2D eigenvalue weighted by Gasteiger charge is -2.19. The van der Waals surface area contributed by atoms with E-state index in [2.05, 4.69) is 22.6 Å². The summed E-state index contributed by atoms with van der Waals surface area (Å²) < 4.78 is 6.12. The molecule has 20 heavy (non-hydrogen) atoms. The van der Waals surface area contributed by atoms with Crippen molar-refractivity contribution >= 4 is 40.5 Å². The number of rotatable bonds is 4. The molecule has 0 aromatic heterocycles. The van der Waals surface area contributed by atoms with Crippen molar-refractivity contribution in [3.63, 3.8) is 0 Å². The van der Waals surface area contributed by atoms with Crippen LogP contribution in [-0.2, 0) is 9.53 Å². The SMILES string of the molecule is CC(C)[C@@H](OC(=O)c1ccc(I)cc1)C(=O)NC(N)=O. The van der Waals surface area contributed by atoms with E-state index in [4.69, 9.17) is 10.5 Å². The summed E-state index contributed by atoms with van der Waals surface area (Å²) in [6.45, 7) is 3.40. The maximum absolute atomic E-state index is 11.9. The highest BCUT2D eigenvalue weighted by Crippen LogP contribution is 2.13. The van der Waals surface area contributed by atoms with Crippen LogP contribution in [0.5, 0.6) is 0 Å². The number of halogens is 1. The number of amides is 3. The average Bonchev–Trinajstić information content (AvgIpc) is 2.35. The van der Waals surface area contributed by atoms with E-state index < -0.39 is 24.0 Å². The number of nitrogens with one attached hydrogen (secondary N) is 1. The van der Waals surface area contributed by atoms with Gasteiger partial charge in [0.15, 0.2) is 6.10 Å². The molecule has 1 aromatic rings. The molecule has 1 aromatic carbocycles. The van der Waals surface area contributed by atoms with Gasteiger partial charge in [-0.25, -0.2) is 9.59 Å². The summed E-state index contributed by atoms with van der Waals surface area (Å²) in [5.41, 5.74) is 5.21. The minimum atomic E-state index is -1.07. The lowest BCUT2D eigenvalue weighted by atomic mass is 10.1. The number of primary amides is 1. The molecule has 0 fully saturated rings. The second-order valence-electron chi connectivity index (χ2n) is 4.43. The number of esters is 1. The topological polar surface area (TPSA) is 98.5 Å². The van der Waals surface area contributed by atoms with Gasteiger partial charge in [-0.15, -0.1) is 0 Å². The molecule has 0 heterocycles. The number of carbonyl (C=O) groups excluding carboxylic acids is 3. The number of urea groups is 1. The Morgan fingerprint density at radius 3 is 2.20 bits per heavy atom. The Labute approximate surface area is 130 Å². The molecule has 0 aliphatic rings. The van der Waals surface area contributed by atoms with Crippen molar-refractivity contribution in [3.8, 4) is 0 Å². The van der Waals surface area contributed by atoms with Crippen LogP contribution in [0.1, 0.15) is 24.2 Å². The number of imide groups is 1. The summed E-state index contributed by atoms with van der Waals surface area (Å²) in [6, 6.07) is 5.74.